The molecule has 1 aromatic heterocycles. The Kier molecular flexibility index (Phi) is 5.78. The number of carboxylic acids is 1. The lowest BCUT2D eigenvalue weighted by Crippen LogP contribution is -2.44. The quantitative estimate of drug-likeness (QED) is 0.813. The highest BCUT2D eigenvalue weighted by molar-refractivity contribution is 5.80. The third-order valence-corrected chi connectivity index (χ3v) is 2.37. The van der Waals surface area contributed by atoms with Crippen molar-refractivity contribution < 1.29 is 14.7 Å². The molecule has 104 valence electrons. The summed E-state index contributed by atoms with van der Waals surface area (Å²) in [6.45, 7) is 4.32. The molecule has 0 aliphatic rings. The predicted molar refractivity (Wildman–Crippen MR) is 70.5 cm³/mol. The minimum absolute atomic E-state index is 0.212. The van der Waals surface area contributed by atoms with Gasteiger partial charge < -0.3 is 15.3 Å². The number of nitrogens with zero attached hydrogens (tertiary/aromatic N) is 2. The highest BCUT2D eigenvalue weighted by Crippen LogP contribution is 2.01. The van der Waals surface area contributed by atoms with E-state index in [4.69, 9.17) is 5.11 Å². The number of carbonyl (C=O) groups excluding carboxylic acids is 1. The number of hydrogen-bond donors (Lipinski definition) is 2. The number of urea groups is 1. The topological polar surface area (TPSA) is 82.5 Å². The number of pyridine rings is 1. The minimum Gasteiger partial charge on any atom is -0.480 e. The van der Waals surface area contributed by atoms with Crippen molar-refractivity contribution in [2.45, 2.75) is 20.4 Å². The van der Waals surface area contributed by atoms with E-state index in [-0.39, 0.29) is 18.5 Å². The van der Waals surface area contributed by atoms with Crippen LogP contribution < -0.4 is 5.32 Å². The summed E-state index contributed by atoms with van der Waals surface area (Å²) in [5.74, 6) is -0.805. The summed E-state index contributed by atoms with van der Waals surface area (Å²) in [6.07, 6.45) is 3.31. The van der Waals surface area contributed by atoms with Crippen LogP contribution in [0.4, 0.5) is 4.79 Å². The molecule has 6 nitrogen and oxygen atoms in total. The van der Waals surface area contributed by atoms with Crippen LogP contribution in [0.2, 0.25) is 0 Å². The number of aliphatic carboxylic acids is 1. The first-order valence-electron chi connectivity index (χ1n) is 6.12. The molecule has 0 aromatic carbocycles. The van der Waals surface area contributed by atoms with Crippen LogP contribution >= 0.6 is 0 Å². The highest BCUT2D eigenvalue weighted by Gasteiger charge is 2.17. The first kappa shape index (κ1) is 14.9. The zero-order valence-corrected chi connectivity index (χ0v) is 11.2. The second kappa shape index (κ2) is 7.35. The maximum atomic E-state index is 11.9. The molecule has 0 atom stereocenters. The van der Waals surface area contributed by atoms with Crippen molar-refractivity contribution in [2.24, 2.45) is 5.92 Å². The molecule has 19 heavy (non-hydrogen) atoms. The third kappa shape index (κ3) is 5.85. The molecule has 2 amide bonds. The fraction of sp³-hybridized carbons (Fsp3) is 0.462. The predicted octanol–water partition coefficient (Wildman–Crippen LogP) is 1.33. The smallest absolute Gasteiger partial charge is 0.323 e. The van der Waals surface area contributed by atoms with Gasteiger partial charge in [0.15, 0.2) is 0 Å². The van der Waals surface area contributed by atoms with E-state index in [9.17, 15) is 9.59 Å². The molecule has 0 radical (unpaired) electrons. The van der Waals surface area contributed by atoms with E-state index < -0.39 is 5.97 Å². The first-order chi connectivity index (χ1) is 8.99. The summed E-state index contributed by atoms with van der Waals surface area (Å²) in [5.41, 5.74) is 0.871. The fourth-order valence-electron chi connectivity index (χ4n) is 1.62. The van der Waals surface area contributed by atoms with Crippen LogP contribution in [-0.2, 0) is 11.3 Å². The Morgan fingerprint density at radius 3 is 2.74 bits per heavy atom. The molecule has 1 rings (SSSR count). The maximum absolute atomic E-state index is 11.9. The monoisotopic (exact) mass is 265 g/mol. The number of carboxylic acid groups (broad SMARTS) is 1. The van der Waals surface area contributed by atoms with Crippen molar-refractivity contribution in [3.05, 3.63) is 30.1 Å². The molecule has 0 aliphatic heterocycles. The molecule has 0 bridgehead atoms. The van der Waals surface area contributed by atoms with Gasteiger partial charge in [0.25, 0.3) is 0 Å². The van der Waals surface area contributed by atoms with Crippen LogP contribution in [0, 0.1) is 5.92 Å². The lowest BCUT2D eigenvalue weighted by molar-refractivity contribution is -0.137. The number of carbonyl (C=O) groups is 2. The van der Waals surface area contributed by atoms with Gasteiger partial charge in [-0.3, -0.25) is 9.78 Å². The van der Waals surface area contributed by atoms with Crippen LogP contribution in [0.25, 0.3) is 0 Å². The maximum Gasteiger partial charge on any atom is 0.323 e. The van der Waals surface area contributed by atoms with Gasteiger partial charge in [0.2, 0.25) is 0 Å². The number of nitrogens with one attached hydrogen (secondary N) is 1. The standard InChI is InChI=1S/C13H19N3O3/c1-10(2)8-16(9-12(17)18)13(19)15-7-11-4-3-5-14-6-11/h3-6,10H,7-9H2,1-2H3,(H,15,19)(H,17,18). The number of rotatable bonds is 6. The van der Waals surface area contributed by atoms with Crippen LogP contribution in [0.3, 0.4) is 0 Å². The Bertz CT molecular complexity index is 420. The Balaban J connectivity index is 2.54. The van der Waals surface area contributed by atoms with Gasteiger partial charge in [0, 0.05) is 25.5 Å². The zero-order valence-electron chi connectivity index (χ0n) is 11.2. The van der Waals surface area contributed by atoms with Crippen LogP contribution in [0.5, 0.6) is 0 Å². The van der Waals surface area contributed by atoms with Gasteiger partial charge in [0.1, 0.15) is 6.54 Å². The second-order valence-electron chi connectivity index (χ2n) is 4.69. The molecule has 0 unspecified atom stereocenters. The van der Waals surface area contributed by atoms with E-state index in [0.29, 0.717) is 13.1 Å². The molecule has 1 aromatic rings. The fourth-order valence-corrected chi connectivity index (χ4v) is 1.62. The molecule has 0 saturated heterocycles. The lowest BCUT2D eigenvalue weighted by Gasteiger charge is -2.23. The van der Waals surface area contributed by atoms with Crippen molar-refractivity contribution in [1.29, 1.82) is 0 Å². The Morgan fingerprint density at radius 2 is 2.21 bits per heavy atom. The Morgan fingerprint density at radius 1 is 1.47 bits per heavy atom. The van der Waals surface area contributed by atoms with Gasteiger partial charge in [-0.1, -0.05) is 19.9 Å². The average Bonchev–Trinajstić information content (AvgIpc) is 2.35. The van der Waals surface area contributed by atoms with Crippen LogP contribution in [-0.4, -0.2) is 40.1 Å². The molecule has 0 fully saturated rings. The number of hydrogen-bond acceptors (Lipinski definition) is 3. The Labute approximate surface area is 112 Å². The second-order valence-corrected chi connectivity index (χ2v) is 4.69. The number of amides is 2. The average molecular weight is 265 g/mol. The summed E-state index contributed by atoms with van der Waals surface area (Å²) >= 11 is 0. The van der Waals surface area contributed by atoms with Crippen molar-refractivity contribution in [3.8, 4) is 0 Å². The SMILES string of the molecule is CC(C)CN(CC(=O)O)C(=O)NCc1cccnc1. The van der Waals surface area contributed by atoms with E-state index in [2.05, 4.69) is 10.3 Å². The summed E-state index contributed by atoms with van der Waals surface area (Å²) in [7, 11) is 0. The highest BCUT2D eigenvalue weighted by atomic mass is 16.4. The lowest BCUT2D eigenvalue weighted by atomic mass is 10.2. The molecule has 0 aliphatic carbocycles. The molecule has 0 spiro atoms. The summed E-state index contributed by atoms with van der Waals surface area (Å²) in [4.78, 5) is 27.9. The van der Waals surface area contributed by atoms with Crippen molar-refractivity contribution in [3.63, 3.8) is 0 Å². The molecule has 0 saturated carbocycles. The van der Waals surface area contributed by atoms with Gasteiger partial charge in [-0.15, -0.1) is 0 Å². The van der Waals surface area contributed by atoms with E-state index in [1.165, 1.54) is 4.90 Å². The van der Waals surface area contributed by atoms with Gasteiger partial charge in [-0.25, -0.2) is 4.79 Å². The van der Waals surface area contributed by atoms with Gasteiger partial charge >= 0.3 is 12.0 Å². The van der Waals surface area contributed by atoms with Gasteiger partial charge in [0.05, 0.1) is 0 Å². The summed E-state index contributed by atoms with van der Waals surface area (Å²) in [6, 6.07) is 3.25. The normalized spacial score (nSPS) is 10.3. The largest absolute Gasteiger partial charge is 0.480 e. The molecular weight excluding hydrogens is 246 g/mol. The van der Waals surface area contributed by atoms with Crippen molar-refractivity contribution in [1.82, 2.24) is 15.2 Å². The van der Waals surface area contributed by atoms with Crippen LogP contribution in [0.15, 0.2) is 24.5 Å². The summed E-state index contributed by atoms with van der Waals surface area (Å²) in [5, 5.41) is 11.5. The van der Waals surface area contributed by atoms with E-state index in [0.717, 1.165) is 5.56 Å². The van der Waals surface area contributed by atoms with E-state index in [1.807, 2.05) is 19.9 Å². The van der Waals surface area contributed by atoms with E-state index >= 15 is 0 Å². The molecule has 6 heteroatoms. The van der Waals surface area contributed by atoms with E-state index in [1.54, 1.807) is 18.5 Å². The molecule has 1 heterocycles. The third-order valence-electron chi connectivity index (χ3n) is 2.37. The minimum atomic E-state index is -1.02. The van der Waals surface area contributed by atoms with Gasteiger partial charge in [-0.2, -0.15) is 0 Å². The van der Waals surface area contributed by atoms with Crippen molar-refractivity contribution in [2.75, 3.05) is 13.1 Å². The van der Waals surface area contributed by atoms with Crippen molar-refractivity contribution >= 4 is 12.0 Å². The number of aromatic nitrogens is 1. The molecule has 2 N–H and O–H groups in total. The van der Waals surface area contributed by atoms with Crippen LogP contribution in [0.1, 0.15) is 19.4 Å². The van der Waals surface area contributed by atoms with Gasteiger partial charge in [-0.05, 0) is 17.5 Å². The zero-order chi connectivity index (χ0) is 14.3. The Hall–Kier alpha value is -2.11. The molecular formula is C13H19N3O3. The summed E-state index contributed by atoms with van der Waals surface area (Å²) < 4.78 is 0. The first-order valence-corrected chi connectivity index (χ1v) is 6.12.